The van der Waals surface area contributed by atoms with Crippen molar-refractivity contribution in [2.75, 3.05) is 0 Å². The third kappa shape index (κ3) is 2.29. The molecular weight excluding hydrogens is 184 g/mol. The van der Waals surface area contributed by atoms with Crippen molar-refractivity contribution < 1.29 is 0 Å². The van der Waals surface area contributed by atoms with Crippen LogP contribution < -0.4 is 0 Å². The molecule has 0 saturated carbocycles. The molecule has 0 fully saturated rings. The Hall–Kier alpha value is -1.96. The number of pyridine rings is 1. The van der Waals surface area contributed by atoms with Crippen molar-refractivity contribution in [1.29, 1.82) is 5.41 Å². The summed E-state index contributed by atoms with van der Waals surface area (Å²) in [5.74, 6) is 0. The molecule has 1 heterocycles. The fourth-order valence-corrected chi connectivity index (χ4v) is 1.52. The van der Waals surface area contributed by atoms with Crippen LogP contribution in [0, 0.1) is 5.41 Å². The van der Waals surface area contributed by atoms with Gasteiger partial charge in [-0.2, -0.15) is 0 Å². The predicted octanol–water partition coefficient (Wildman–Crippen LogP) is 2.67. The van der Waals surface area contributed by atoms with Crippen molar-refractivity contribution in [3.05, 3.63) is 65.5 Å². The minimum atomic E-state index is 0.784. The third-order valence-corrected chi connectivity index (χ3v) is 2.30. The number of nitrogens with zero attached hydrogens (tertiary/aromatic N) is 1. The highest BCUT2D eigenvalue weighted by atomic mass is 14.7. The lowest BCUT2D eigenvalue weighted by Crippen LogP contribution is -1.97. The molecule has 1 aromatic carbocycles. The van der Waals surface area contributed by atoms with Crippen molar-refractivity contribution in [1.82, 2.24) is 4.98 Å². The number of hydrogen-bond donors (Lipinski definition) is 1. The van der Waals surface area contributed by atoms with E-state index >= 15 is 0 Å². The van der Waals surface area contributed by atoms with Gasteiger partial charge in [0.05, 0.1) is 5.69 Å². The quantitative estimate of drug-likeness (QED) is 0.753. The van der Waals surface area contributed by atoms with Gasteiger partial charge in [-0.25, -0.2) is 0 Å². The molecule has 15 heavy (non-hydrogen) atoms. The van der Waals surface area contributed by atoms with Crippen LogP contribution in [0.25, 0.3) is 0 Å². The molecule has 0 bridgehead atoms. The van der Waals surface area contributed by atoms with Crippen LogP contribution in [-0.4, -0.2) is 11.2 Å². The molecule has 1 aromatic heterocycles. The SMILES string of the molecule is N=Cc1cccnc1Cc1ccccc1. The zero-order valence-electron chi connectivity index (χ0n) is 8.35. The standard InChI is InChI=1S/C13H12N2/c14-10-12-7-4-8-15-13(12)9-11-5-2-1-3-6-11/h1-8,10,14H,9H2. The fraction of sp³-hybridized carbons (Fsp3) is 0.0769. The fourth-order valence-electron chi connectivity index (χ4n) is 1.52. The van der Waals surface area contributed by atoms with E-state index in [0.29, 0.717) is 0 Å². The first-order valence-corrected chi connectivity index (χ1v) is 4.88. The number of rotatable bonds is 3. The number of nitrogens with one attached hydrogen (secondary N) is 1. The molecule has 2 nitrogen and oxygen atoms in total. The Morgan fingerprint density at radius 2 is 1.87 bits per heavy atom. The lowest BCUT2D eigenvalue weighted by atomic mass is 10.1. The Balaban J connectivity index is 2.28. The lowest BCUT2D eigenvalue weighted by molar-refractivity contribution is 1.07. The topological polar surface area (TPSA) is 36.7 Å². The molecule has 0 unspecified atom stereocenters. The molecule has 74 valence electrons. The van der Waals surface area contributed by atoms with Crippen molar-refractivity contribution >= 4 is 6.21 Å². The minimum absolute atomic E-state index is 0.784. The summed E-state index contributed by atoms with van der Waals surface area (Å²) in [7, 11) is 0. The average molecular weight is 196 g/mol. The summed E-state index contributed by atoms with van der Waals surface area (Å²) >= 11 is 0. The monoisotopic (exact) mass is 196 g/mol. The molecule has 1 N–H and O–H groups in total. The summed E-state index contributed by atoms with van der Waals surface area (Å²) in [5.41, 5.74) is 3.07. The Morgan fingerprint density at radius 3 is 2.60 bits per heavy atom. The Bertz CT molecular complexity index is 449. The first-order chi connectivity index (χ1) is 7.40. The first-order valence-electron chi connectivity index (χ1n) is 4.88. The van der Waals surface area contributed by atoms with Gasteiger partial charge in [0, 0.05) is 24.4 Å². The average Bonchev–Trinajstić information content (AvgIpc) is 2.31. The van der Waals surface area contributed by atoms with Crippen LogP contribution in [0.5, 0.6) is 0 Å². The number of aromatic nitrogens is 1. The van der Waals surface area contributed by atoms with E-state index < -0.39 is 0 Å². The van der Waals surface area contributed by atoms with Crippen LogP contribution in [0.1, 0.15) is 16.8 Å². The second kappa shape index (κ2) is 4.51. The van der Waals surface area contributed by atoms with Gasteiger partial charge in [0.15, 0.2) is 0 Å². The third-order valence-electron chi connectivity index (χ3n) is 2.30. The van der Waals surface area contributed by atoms with Crippen LogP contribution in [-0.2, 0) is 6.42 Å². The van der Waals surface area contributed by atoms with Crippen molar-refractivity contribution in [2.24, 2.45) is 0 Å². The molecule has 0 amide bonds. The maximum absolute atomic E-state index is 7.29. The van der Waals surface area contributed by atoms with E-state index in [2.05, 4.69) is 17.1 Å². The minimum Gasteiger partial charge on any atom is -0.308 e. The van der Waals surface area contributed by atoms with Crippen LogP contribution in [0.4, 0.5) is 0 Å². The summed E-state index contributed by atoms with van der Waals surface area (Å²) in [6.07, 6.45) is 3.91. The van der Waals surface area contributed by atoms with E-state index in [9.17, 15) is 0 Å². The molecule has 0 aliphatic heterocycles. The molecule has 0 atom stereocenters. The summed E-state index contributed by atoms with van der Waals surface area (Å²) < 4.78 is 0. The molecule has 0 radical (unpaired) electrons. The molecule has 0 spiro atoms. The summed E-state index contributed by atoms with van der Waals surface area (Å²) in [6.45, 7) is 0. The molecular formula is C13H12N2. The largest absolute Gasteiger partial charge is 0.308 e. The van der Waals surface area contributed by atoms with Crippen LogP contribution in [0.15, 0.2) is 48.7 Å². The second-order valence-electron chi connectivity index (χ2n) is 3.35. The van der Waals surface area contributed by atoms with E-state index in [0.717, 1.165) is 17.7 Å². The van der Waals surface area contributed by atoms with Gasteiger partial charge in [-0.3, -0.25) is 4.98 Å². The van der Waals surface area contributed by atoms with E-state index in [1.807, 2.05) is 30.3 Å². The van der Waals surface area contributed by atoms with E-state index in [1.165, 1.54) is 11.8 Å². The highest BCUT2D eigenvalue weighted by molar-refractivity contribution is 5.78. The Labute approximate surface area is 89.1 Å². The van der Waals surface area contributed by atoms with Crippen LogP contribution in [0.2, 0.25) is 0 Å². The van der Waals surface area contributed by atoms with E-state index in [4.69, 9.17) is 5.41 Å². The van der Waals surface area contributed by atoms with Gasteiger partial charge in [-0.15, -0.1) is 0 Å². The highest BCUT2D eigenvalue weighted by Gasteiger charge is 2.01. The Morgan fingerprint density at radius 1 is 1.07 bits per heavy atom. The van der Waals surface area contributed by atoms with Gasteiger partial charge in [0.1, 0.15) is 0 Å². The van der Waals surface area contributed by atoms with Gasteiger partial charge in [0.25, 0.3) is 0 Å². The van der Waals surface area contributed by atoms with Crippen molar-refractivity contribution in [2.45, 2.75) is 6.42 Å². The van der Waals surface area contributed by atoms with Gasteiger partial charge in [-0.05, 0) is 11.6 Å². The summed E-state index contributed by atoms with van der Waals surface area (Å²) in [4.78, 5) is 4.29. The van der Waals surface area contributed by atoms with Crippen LogP contribution in [0.3, 0.4) is 0 Å². The van der Waals surface area contributed by atoms with Crippen molar-refractivity contribution in [3.8, 4) is 0 Å². The molecule has 0 saturated heterocycles. The summed E-state index contributed by atoms with van der Waals surface area (Å²) in [5, 5.41) is 7.29. The van der Waals surface area contributed by atoms with Crippen LogP contribution >= 0.6 is 0 Å². The maximum Gasteiger partial charge on any atom is 0.0534 e. The van der Waals surface area contributed by atoms with Gasteiger partial charge in [-0.1, -0.05) is 36.4 Å². The van der Waals surface area contributed by atoms with Gasteiger partial charge >= 0.3 is 0 Å². The lowest BCUT2D eigenvalue weighted by Gasteiger charge is -2.03. The first kappa shape index (κ1) is 9.59. The Kier molecular flexibility index (Phi) is 2.88. The van der Waals surface area contributed by atoms with E-state index in [1.54, 1.807) is 6.20 Å². The highest BCUT2D eigenvalue weighted by Crippen LogP contribution is 2.09. The number of hydrogen-bond acceptors (Lipinski definition) is 2. The second-order valence-corrected chi connectivity index (χ2v) is 3.35. The smallest absolute Gasteiger partial charge is 0.0534 e. The molecule has 2 aromatic rings. The van der Waals surface area contributed by atoms with Gasteiger partial charge < -0.3 is 5.41 Å². The van der Waals surface area contributed by atoms with Gasteiger partial charge in [0.2, 0.25) is 0 Å². The molecule has 0 aliphatic carbocycles. The molecule has 2 heteroatoms. The summed E-state index contributed by atoms with van der Waals surface area (Å²) in [6, 6.07) is 13.9. The number of benzene rings is 1. The normalized spacial score (nSPS) is 9.87. The predicted molar refractivity (Wildman–Crippen MR) is 61.4 cm³/mol. The van der Waals surface area contributed by atoms with Crippen molar-refractivity contribution in [3.63, 3.8) is 0 Å². The zero-order valence-corrected chi connectivity index (χ0v) is 8.35. The molecule has 2 rings (SSSR count). The maximum atomic E-state index is 7.29. The zero-order chi connectivity index (χ0) is 10.5. The van der Waals surface area contributed by atoms with E-state index in [-0.39, 0.29) is 0 Å². The molecule has 0 aliphatic rings.